The van der Waals surface area contributed by atoms with Gasteiger partial charge in [0.15, 0.2) is 5.69 Å². The summed E-state index contributed by atoms with van der Waals surface area (Å²) in [7, 11) is 1.83. The van der Waals surface area contributed by atoms with E-state index >= 15 is 0 Å². The average Bonchev–Trinajstić information content (AvgIpc) is 2.84. The summed E-state index contributed by atoms with van der Waals surface area (Å²) in [5, 5.41) is 14.4. The topological polar surface area (TPSA) is 61.9 Å². The van der Waals surface area contributed by atoms with E-state index in [2.05, 4.69) is 11.2 Å². The van der Waals surface area contributed by atoms with Crippen LogP contribution in [-0.4, -0.2) is 33.2 Å². The van der Waals surface area contributed by atoms with E-state index < -0.39 is 0 Å². The van der Waals surface area contributed by atoms with E-state index in [-0.39, 0.29) is 11.9 Å². The van der Waals surface area contributed by atoms with Gasteiger partial charge in [0.2, 0.25) is 0 Å². The Bertz CT molecular complexity index is 697. The molecule has 0 aliphatic carbocycles. The van der Waals surface area contributed by atoms with E-state index in [0.29, 0.717) is 12.2 Å². The Morgan fingerprint density at radius 2 is 2.20 bits per heavy atom. The molecule has 1 amide bonds. The summed E-state index contributed by atoms with van der Waals surface area (Å²) in [6, 6.07) is 9.58. The molecule has 2 heterocycles. The number of aryl methyl sites for hydroxylation is 1. The number of carbonyl (C=O) groups is 1. The number of nitrogens with zero attached hydrogens (tertiary/aromatic N) is 4. The summed E-state index contributed by atoms with van der Waals surface area (Å²) in [5.41, 5.74) is 1.38. The third-order valence-electron chi connectivity index (χ3n) is 3.87. The number of hydrogen-bond donors (Lipinski definition) is 0. The van der Waals surface area contributed by atoms with Crippen LogP contribution in [0.15, 0.2) is 24.3 Å². The van der Waals surface area contributed by atoms with E-state index in [1.54, 1.807) is 9.58 Å². The molecule has 1 fully saturated rings. The number of amides is 1. The first-order valence-corrected chi connectivity index (χ1v) is 6.84. The second-order valence-electron chi connectivity index (χ2n) is 5.13. The lowest BCUT2D eigenvalue weighted by Gasteiger charge is -2.30. The highest BCUT2D eigenvalue weighted by Gasteiger charge is 2.29. The third kappa shape index (κ3) is 1.94. The number of nitriles is 1. The van der Waals surface area contributed by atoms with E-state index in [4.69, 9.17) is 0 Å². The van der Waals surface area contributed by atoms with Crippen LogP contribution in [-0.2, 0) is 7.05 Å². The molecule has 1 aromatic carbocycles. The molecule has 5 nitrogen and oxygen atoms in total. The van der Waals surface area contributed by atoms with Gasteiger partial charge in [-0.05, 0) is 25.3 Å². The van der Waals surface area contributed by atoms with Gasteiger partial charge in [0.25, 0.3) is 5.91 Å². The van der Waals surface area contributed by atoms with Gasteiger partial charge >= 0.3 is 0 Å². The normalized spacial score (nSPS) is 19.0. The summed E-state index contributed by atoms with van der Waals surface area (Å²) < 4.78 is 1.72. The van der Waals surface area contributed by atoms with Gasteiger partial charge in [-0.25, -0.2) is 0 Å². The van der Waals surface area contributed by atoms with Crippen molar-refractivity contribution in [1.29, 1.82) is 5.26 Å². The molecule has 3 rings (SSSR count). The summed E-state index contributed by atoms with van der Waals surface area (Å²) in [4.78, 5) is 14.4. The lowest BCUT2D eigenvalue weighted by molar-refractivity contribution is 0.0665. The molecule has 1 atom stereocenters. The van der Waals surface area contributed by atoms with Crippen LogP contribution < -0.4 is 0 Å². The third-order valence-corrected chi connectivity index (χ3v) is 3.87. The maximum Gasteiger partial charge on any atom is 0.276 e. The largest absolute Gasteiger partial charge is 0.321 e. The van der Waals surface area contributed by atoms with Crippen molar-refractivity contribution in [2.45, 2.75) is 25.3 Å². The van der Waals surface area contributed by atoms with Gasteiger partial charge in [-0.3, -0.25) is 9.48 Å². The molecule has 2 aromatic rings. The highest BCUT2D eigenvalue weighted by Crippen LogP contribution is 2.23. The predicted molar refractivity (Wildman–Crippen MR) is 75.0 cm³/mol. The van der Waals surface area contributed by atoms with Crippen LogP contribution in [0.4, 0.5) is 0 Å². The van der Waals surface area contributed by atoms with Gasteiger partial charge in [-0.2, -0.15) is 10.4 Å². The SMILES string of the molecule is Cn1nc(C(=O)N2CCCCC2C#N)c2ccccc21. The summed E-state index contributed by atoms with van der Waals surface area (Å²) in [6.45, 7) is 0.641. The fraction of sp³-hybridized carbons (Fsp3) is 0.400. The standard InChI is InChI=1S/C15H16N4O/c1-18-13-8-3-2-7-12(13)14(17-18)15(20)19-9-5-4-6-11(19)10-16/h2-3,7-8,11H,4-6,9H2,1H3. The van der Waals surface area contributed by atoms with Gasteiger partial charge in [0.05, 0.1) is 11.6 Å². The smallest absolute Gasteiger partial charge is 0.276 e. The molecule has 0 N–H and O–H groups in total. The van der Waals surface area contributed by atoms with Gasteiger partial charge in [-0.1, -0.05) is 18.2 Å². The molecule has 5 heteroatoms. The Hall–Kier alpha value is -2.35. The number of carbonyl (C=O) groups excluding carboxylic acids is 1. The Kier molecular flexibility index (Phi) is 3.15. The molecule has 0 spiro atoms. The molecule has 1 aliphatic rings. The molecular weight excluding hydrogens is 252 g/mol. The Labute approximate surface area is 117 Å². The summed E-state index contributed by atoms with van der Waals surface area (Å²) in [5.74, 6) is -0.131. The number of aromatic nitrogens is 2. The van der Waals surface area contributed by atoms with Crippen LogP contribution in [0.25, 0.3) is 10.9 Å². The Morgan fingerprint density at radius 3 is 3.00 bits per heavy atom. The zero-order valence-corrected chi connectivity index (χ0v) is 11.4. The minimum absolute atomic E-state index is 0.131. The van der Waals surface area contributed by atoms with Crippen LogP contribution in [0.1, 0.15) is 29.8 Å². The van der Waals surface area contributed by atoms with Crippen LogP contribution >= 0.6 is 0 Å². The molecular formula is C15H16N4O. The number of rotatable bonds is 1. The highest BCUT2D eigenvalue weighted by atomic mass is 16.2. The molecule has 1 unspecified atom stereocenters. The van der Waals surface area contributed by atoms with Crippen molar-refractivity contribution in [1.82, 2.24) is 14.7 Å². The summed E-state index contributed by atoms with van der Waals surface area (Å²) in [6.07, 6.45) is 2.71. The molecule has 0 radical (unpaired) electrons. The Balaban J connectivity index is 2.02. The van der Waals surface area contributed by atoms with Gasteiger partial charge < -0.3 is 4.90 Å². The second-order valence-corrected chi connectivity index (χ2v) is 5.13. The fourth-order valence-electron chi connectivity index (χ4n) is 2.82. The van der Waals surface area contributed by atoms with E-state index in [9.17, 15) is 10.1 Å². The fourth-order valence-corrected chi connectivity index (χ4v) is 2.82. The van der Waals surface area contributed by atoms with Crippen LogP contribution in [0.5, 0.6) is 0 Å². The molecule has 1 aliphatic heterocycles. The van der Waals surface area contributed by atoms with Crippen LogP contribution in [0, 0.1) is 11.3 Å². The molecule has 0 bridgehead atoms. The number of para-hydroxylation sites is 1. The first-order chi connectivity index (χ1) is 9.72. The van der Waals surface area contributed by atoms with Crippen molar-refractivity contribution >= 4 is 16.8 Å². The van der Waals surface area contributed by atoms with Gasteiger partial charge in [0.1, 0.15) is 6.04 Å². The molecule has 20 heavy (non-hydrogen) atoms. The lowest BCUT2D eigenvalue weighted by Crippen LogP contribution is -2.43. The van der Waals surface area contributed by atoms with Crippen molar-refractivity contribution in [2.75, 3.05) is 6.54 Å². The highest BCUT2D eigenvalue weighted by molar-refractivity contribution is 6.05. The van der Waals surface area contributed by atoms with Crippen molar-refractivity contribution < 1.29 is 4.79 Å². The Morgan fingerprint density at radius 1 is 1.40 bits per heavy atom. The maximum absolute atomic E-state index is 12.7. The van der Waals surface area contributed by atoms with Crippen molar-refractivity contribution in [2.24, 2.45) is 7.05 Å². The number of fused-ring (bicyclic) bond motifs is 1. The van der Waals surface area contributed by atoms with Gasteiger partial charge in [0, 0.05) is 19.0 Å². The van der Waals surface area contributed by atoms with Crippen LogP contribution in [0.3, 0.4) is 0 Å². The first kappa shape index (κ1) is 12.7. The quantitative estimate of drug-likeness (QED) is 0.795. The van der Waals surface area contributed by atoms with Crippen molar-refractivity contribution in [3.8, 4) is 6.07 Å². The second kappa shape index (κ2) is 4.97. The minimum atomic E-state index is -0.322. The molecule has 102 valence electrons. The summed E-state index contributed by atoms with van der Waals surface area (Å²) >= 11 is 0. The molecule has 0 saturated carbocycles. The van der Waals surface area contributed by atoms with E-state index in [1.807, 2.05) is 31.3 Å². The zero-order valence-electron chi connectivity index (χ0n) is 11.4. The first-order valence-electron chi connectivity index (χ1n) is 6.84. The monoisotopic (exact) mass is 268 g/mol. The van der Waals surface area contributed by atoms with Crippen LogP contribution in [0.2, 0.25) is 0 Å². The number of benzene rings is 1. The predicted octanol–water partition coefficient (Wildman–Crippen LogP) is 2.09. The number of likely N-dealkylation sites (tertiary alicyclic amines) is 1. The maximum atomic E-state index is 12.7. The van der Waals surface area contributed by atoms with E-state index in [0.717, 1.165) is 30.2 Å². The van der Waals surface area contributed by atoms with Gasteiger partial charge in [-0.15, -0.1) is 0 Å². The van der Waals surface area contributed by atoms with E-state index in [1.165, 1.54) is 0 Å². The lowest BCUT2D eigenvalue weighted by atomic mass is 10.0. The minimum Gasteiger partial charge on any atom is -0.321 e. The zero-order chi connectivity index (χ0) is 14.1. The molecule has 1 saturated heterocycles. The number of piperidine rings is 1. The number of hydrogen-bond acceptors (Lipinski definition) is 3. The average molecular weight is 268 g/mol. The molecule has 1 aromatic heterocycles. The van der Waals surface area contributed by atoms with Crippen molar-refractivity contribution in [3.63, 3.8) is 0 Å². The van der Waals surface area contributed by atoms with Crippen molar-refractivity contribution in [3.05, 3.63) is 30.0 Å².